The van der Waals surface area contributed by atoms with E-state index < -0.39 is 11.9 Å². The molecular weight excluding hydrogens is 577 g/mol. The highest BCUT2D eigenvalue weighted by molar-refractivity contribution is 6.42. The van der Waals surface area contributed by atoms with Crippen LogP contribution < -0.4 is 9.47 Å². The van der Waals surface area contributed by atoms with Gasteiger partial charge in [0.25, 0.3) is 0 Å². The van der Waals surface area contributed by atoms with Gasteiger partial charge in [0.05, 0.1) is 52.7 Å². The quantitative estimate of drug-likeness (QED) is 0.165. The summed E-state index contributed by atoms with van der Waals surface area (Å²) < 4.78 is 24.0. The van der Waals surface area contributed by atoms with Crippen LogP contribution in [0.5, 0.6) is 17.2 Å². The molecule has 214 valence electrons. The summed E-state index contributed by atoms with van der Waals surface area (Å²) in [4.78, 5) is 25.5. The van der Waals surface area contributed by atoms with Crippen molar-refractivity contribution >= 4 is 46.0 Å². The van der Waals surface area contributed by atoms with Gasteiger partial charge < -0.3 is 23.5 Å². The number of rotatable bonds is 8. The number of carbonyl (C=O) groups is 2. The maximum Gasteiger partial charge on any atom is 0.340 e. The van der Waals surface area contributed by atoms with E-state index in [4.69, 9.17) is 42.1 Å². The van der Waals surface area contributed by atoms with Gasteiger partial charge in [0, 0.05) is 17.1 Å². The number of hydrogen-bond acceptors (Lipinski definition) is 6. The maximum absolute atomic E-state index is 13.4. The van der Waals surface area contributed by atoms with Gasteiger partial charge in [-0.1, -0.05) is 35.3 Å². The molecule has 0 N–H and O–H groups in total. The highest BCUT2D eigenvalue weighted by atomic mass is 35.5. The number of nitrogens with zero attached hydrogens (tertiary/aromatic N) is 1. The molecule has 0 saturated carbocycles. The second-order valence-electron chi connectivity index (χ2n) is 9.64. The minimum Gasteiger partial charge on any atom is -0.491 e. The van der Waals surface area contributed by atoms with Crippen LogP contribution in [0, 0.1) is 0 Å². The third-order valence-corrected chi connectivity index (χ3v) is 7.24. The summed E-state index contributed by atoms with van der Waals surface area (Å²) in [6, 6.07) is 24.9. The first-order valence-electron chi connectivity index (χ1n) is 13.1. The number of esters is 2. The summed E-state index contributed by atoms with van der Waals surface area (Å²) in [5.74, 6) is 0.704. The zero-order valence-corrected chi connectivity index (χ0v) is 24.8. The van der Waals surface area contributed by atoms with Crippen molar-refractivity contribution in [3.05, 3.63) is 106 Å². The smallest absolute Gasteiger partial charge is 0.340 e. The number of aromatic nitrogens is 1. The van der Waals surface area contributed by atoms with Crippen molar-refractivity contribution in [2.24, 2.45) is 0 Å². The molecule has 0 spiro atoms. The second kappa shape index (κ2) is 12.2. The van der Waals surface area contributed by atoms with E-state index in [0.717, 1.165) is 17.0 Å². The maximum atomic E-state index is 13.4. The molecule has 0 bridgehead atoms. The lowest BCUT2D eigenvalue weighted by Gasteiger charge is -2.15. The zero-order chi connectivity index (χ0) is 30.0. The van der Waals surface area contributed by atoms with Crippen LogP contribution in [0.15, 0.2) is 84.9 Å². The van der Waals surface area contributed by atoms with Gasteiger partial charge in [-0.25, -0.2) is 9.59 Å². The SMILES string of the molecule is COC(=O)c1ccc(-c2c(C(=O)OC)c3cc(Oc4ccc(Cl)c(Cl)c4)ccc3n2-c2ccc(OC(C)C)cc2)cc1. The van der Waals surface area contributed by atoms with Crippen molar-refractivity contribution in [2.45, 2.75) is 20.0 Å². The summed E-state index contributed by atoms with van der Waals surface area (Å²) in [5.41, 5.74) is 3.51. The molecule has 4 aromatic carbocycles. The first kappa shape index (κ1) is 29.0. The van der Waals surface area contributed by atoms with Crippen molar-refractivity contribution in [3.63, 3.8) is 0 Å². The molecule has 0 aliphatic rings. The Bertz CT molecular complexity index is 1780. The molecule has 0 fully saturated rings. The second-order valence-corrected chi connectivity index (χ2v) is 10.5. The lowest BCUT2D eigenvalue weighted by molar-refractivity contribution is 0.0593. The van der Waals surface area contributed by atoms with Crippen LogP contribution in [0.25, 0.3) is 27.8 Å². The predicted molar refractivity (Wildman–Crippen MR) is 164 cm³/mol. The lowest BCUT2D eigenvalue weighted by atomic mass is 10.0. The van der Waals surface area contributed by atoms with E-state index in [1.807, 2.05) is 54.8 Å². The molecule has 0 aliphatic heterocycles. The number of methoxy groups -OCH3 is 2. The van der Waals surface area contributed by atoms with E-state index in [-0.39, 0.29) is 6.10 Å². The van der Waals surface area contributed by atoms with Crippen LogP contribution in [-0.4, -0.2) is 36.8 Å². The molecule has 0 amide bonds. The molecule has 0 aliphatic carbocycles. The molecule has 0 atom stereocenters. The van der Waals surface area contributed by atoms with E-state index >= 15 is 0 Å². The summed E-state index contributed by atoms with van der Waals surface area (Å²) >= 11 is 12.2. The molecule has 1 aromatic heterocycles. The normalized spacial score (nSPS) is 11.0. The molecular formula is C33H27Cl2NO6. The Morgan fingerprint density at radius 3 is 1.95 bits per heavy atom. The summed E-state index contributed by atoms with van der Waals surface area (Å²) in [5, 5.41) is 1.38. The van der Waals surface area contributed by atoms with Crippen LogP contribution in [-0.2, 0) is 9.47 Å². The molecule has 0 radical (unpaired) electrons. The summed E-state index contributed by atoms with van der Waals surface area (Å²) in [7, 11) is 2.66. The molecule has 5 aromatic rings. The standard InChI is InChI=1S/C33H27Cl2NO6/c1-19(2)41-23-11-9-22(10-12-23)36-29-16-14-24(42-25-13-15-27(34)28(35)18-25)17-26(29)30(33(38)40-4)31(36)20-5-7-21(8-6-20)32(37)39-3/h5-19H,1-4H3. The molecule has 7 nitrogen and oxygen atoms in total. The fourth-order valence-corrected chi connectivity index (χ4v) is 4.98. The Morgan fingerprint density at radius 1 is 0.714 bits per heavy atom. The van der Waals surface area contributed by atoms with E-state index in [0.29, 0.717) is 49.3 Å². The Labute approximate surface area is 253 Å². The first-order valence-corrected chi connectivity index (χ1v) is 13.8. The largest absolute Gasteiger partial charge is 0.491 e. The number of hydrogen-bond donors (Lipinski definition) is 0. The zero-order valence-electron chi connectivity index (χ0n) is 23.3. The molecule has 42 heavy (non-hydrogen) atoms. The Kier molecular flexibility index (Phi) is 8.43. The monoisotopic (exact) mass is 603 g/mol. The number of ether oxygens (including phenoxy) is 4. The average molecular weight is 604 g/mol. The highest BCUT2D eigenvalue weighted by Crippen LogP contribution is 2.40. The van der Waals surface area contributed by atoms with Crippen molar-refractivity contribution < 1.29 is 28.5 Å². The van der Waals surface area contributed by atoms with E-state index in [1.165, 1.54) is 14.2 Å². The number of halogens is 2. The third kappa shape index (κ3) is 5.79. The van der Waals surface area contributed by atoms with Crippen molar-refractivity contribution in [1.82, 2.24) is 4.57 Å². The molecule has 9 heteroatoms. The Morgan fingerprint density at radius 2 is 1.33 bits per heavy atom. The molecule has 1 heterocycles. The molecule has 0 unspecified atom stereocenters. The van der Waals surface area contributed by atoms with Gasteiger partial charge >= 0.3 is 11.9 Å². The average Bonchev–Trinajstić information content (AvgIpc) is 3.33. The van der Waals surface area contributed by atoms with E-state index in [2.05, 4.69) is 0 Å². The topological polar surface area (TPSA) is 76.0 Å². The number of fused-ring (bicyclic) bond motifs is 1. The first-order chi connectivity index (χ1) is 20.2. The molecule has 5 rings (SSSR count). The van der Waals surface area contributed by atoms with Gasteiger partial charge in [0.15, 0.2) is 0 Å². The minimum absolute atomic E-state index is 0.0204. The van der Waals surface area contributed by atoms with Crippen LogP contribution in [0.3, 0.4) is 0 Å². The lowest BCUT2D eigenvalue weighted by Crippen LogP contribution is -2.06. The number of benzene rings is 4. The predicted octanol–water partition coefficient (Wildman–Crippen LogP) is 8.76. The van der Waals surface area contributed by atoms with Crippen molar-refractivity contribution in [3.8, 4) is 34.2 Å². The third-order valence-electron chi connectivity index (χ3n) is 6.50. The minimum atomic E-state index is -0.530. The number of carbonyl (C=O) groups excluding carboxylic acids is 2. The van der Waals surface area contributed by atoms with Crippen LogP contribution >= 0.6 is 23.2 Å². The van der Waals surface area contributed by atoms with Gasteiger partial charge in [-0.15, -0.1) is 0 Å². The van der Waals surface area contributed by atoms with Crippen molar-refractivity contribution in [1.29, 1.82) is 0 Å². The van der Waals surface area contributed by atoms with Gasteiger partial charge in [-0.2, -0.15) is 0 Å². The van der Waals surface area contributed by atoms with Crippen LogP contribution in [0.2, 0.25) is 10.0 Å². The van der Waals surface area contributed by atoms with Gasteiger partial charge in [0.2, 0.25) is 0 Å². The summed E-state index contributed by atoms with van der Waals surface area (Å²) in [6.45, 7) is 3.92. The van der Waals surface area contributed by atoms with Crippen LogP contribution in [0.1, 0.15) is 34.6 Å². The van der Waals surface area contributed by atoms with Gasteiger partial charge in [-0.05, 0) is 86.1 Å². The Hall–Kier alpha value is -4.46. The fourth-order valence-electron chi connectivity index (χ4n) is 4.69. The van der Waals surface area contributed by atoms with Gasteiger partial charge in [0.1, 0.15) is 17.2 Å². The highest BCUT2D eigenvalue weighted by Gasteiger charge is 2.26. The molecule has 0 saturated heterocycles. The van der Waals surface area contributed by atoms with Crippen molar-refractivity contribution in [2.75, 3.05) is 14.2 Å². The summed E-state index contributed by atoms with van der Waals surface area (Å²) in [6.07, 6.45) is 0.0204. The van der Waals surface area contributed by atoms with Crippen LogP contribution in [0.4, 0.5) is 0 Å². The van der Waals surface area contributed by atoms with E-state index in [1.54, 1.807) is 48.5 Å². The fraction of sp³-hybridized carbons (Fsp3) is 0.152. The van der Waals surface area contributed by atoms with E-state index in [9.17, 15) is 9.59 Å². The Balaban J connectivity index is 1.74. The van der Waals surface area contributed by atoms with Gasteiger partial charge in [-0.3, -0.25) is 0 Å².